The van der Waals surface area contributed by atoms with Crippen LogP contribution in [0.2, 0.25) is 0 Å². The summed E-state index contributed by atoms with van der Waals surface area (Å²) >= 11 is 0. The highest BCUT2D eigenvalue weighted by atomic mass is 16.5. The Kier molecular flexibility index (Phi) is 4.05. The number of methoxy groups -OCH3 is 1. The van der Waals surface area contributed by atoms with Gasteiger partial charge in [-0.2, -0.15) is 0 Å². The van der Waals surface area contributed by atoms with E-state index in [1.165, 1.54) is 0 Å². The van der Waals surface area contributed by atoms with Gasteiger partial charge in [-0.1, -0.05) is 0 Å². The summed E-state index contributed by atoms with van der Waals surface area (Å²) in [5, 5.41) is 2.98. The summed E-state index contributed by atoms with van der Waals surface area (Å²) in [6.45, 7) is 1.11. The van der Waals surface area contributed by atoms with Crippen LogP contribution in [0.25, 0.3) is 0 Å². The topological polar surface area (TPSA) is 43.4 Å². The Morgan fingerprint density at radius 1 is 1.38 bits per heavy atom. The number of anilines is 1. The van der Waals surface area contributed by atoms with Crippen molar-refractivity contribution in [3.8, 4) is 5.88 Å². The normalized spacial score (nSPS) is 9.69. The van der Waals surface area contributed by atoms with Gasteiger partial charge in [-0.05, 0) is 6.07 Å². The average Bonchev–Trinajstić information content (AvgIpc) is 2.19. The summed E-state index contributed by atoms with van der Waals surface area (Å²) in [6, 6.07) is 3.73. The molecule has 0 amide bonds. The first-order chi connectivity index (χ1) is 6.36. The maximum absolute atomic E-state index is 5.28. The maximum Gasteiger partial charge on any atom is 0.213 e. The molecule has 13 heavy (non-hydrogen) atoms. The molecule has 4 nitrogen and oxygen atoms in total. The fourth-order valence-electron chi connectivity index (χ4n) is 0.843. The van der Waals surface area contributed by atoms with Crippen molar-refractivity contribution in [1.82, 2.24) is 4.98 Å². The second-order valence-corrected chi connectivity index (χ2v) is 2.48. The van der Waals surface area contributed by atoms with Crippen LogP contribution in [0.3, 0.4) is 0 Å². The van der Waals surface area contributed by atoms with Crippen LogP contribution in [0.4, 0.5) is 5.69 Å². The highest BCUT2D eigenvalue weighted by Crippen LogP contribution is 2.10. The number of hydrogen-bond donors (Lipinski definition) is 1. The van der Waals surface area contributed by atoms with Gasteiger partial charge in [0.1, 0.15) is 6.61 Å². The van der Waals surface area contributed by atoms with E-state index in [0.29, 0.717) is 19.1 Å². The minimum atomic E-state index is 0.530. The molecule has 1 heterocycles. The first kappa shape index (κ1) is 9.80. The highest BCUT2D eigenvalue weighted by Gasteiger charge is 1.94. The van der Waals surface area contributed by atoms with Gasteiger partial charge >= 0.3 is 0 Å². The fraction of sp³-hybridized carbons (Fsp3) is 0.444. The number of nitrogens with one attached hydrogen (secondary N) is 1. The van der Waals surface area contributed by atoms with E-state index in [0.717, 1.165) is 5.69 Å². The molecule has 0 aromatic carbocycles. The van der Waals surface area contributed by atoms with Gasteiger partial charge in [-0.15, -0.1) is 0 Å². The smallest absolute Gasteiger partial charge is 0.213 e. The fourth-order valence-corrected chi connectivity index (χ4v) is 0.843. The van der Waals surface area contributed by atoms with E-state index < -0.39 is 0 Å². The SMILES string of the molecule is CNc1ccc(OCCOC)nc1. The lowest BCUT2D eigenvalue weighted by molar-refractivity contribution is 0.144. The molecule has 0 bridgehead atoms. The Morgan fingerprint density at radius 2 is 2.23 bits per heavy atom. The molecule has 0 aliphatic rings. The van der Waals surface area contributed by atoms with Crippen molar-refractivity contribution in [3.05, 3.63) is 18.3 Å². The molecule has 0 spiro atoms. The van der Waals surface area contributed by atoms with Crippen LogP contribution in [0.15, 0.2) is 18.3 Å². The maximum atomic E-state index is 5.28. The van der Waals surface area contributed by atoms with E-state index in [-0.39, 0.29) is 0 Å². The first-order valence-electron chi connectivity index (χ1n) is 4.12. The van der Waals surface area contributed by atoms with E-state index in [2.05, 4.69) is 10.3 Å². The number of hydrogen-bond acceptors (Lipinski definition) is 4. The van der Waals surface area contributed by atoms with Crippen molar-refractivity contribution in [2.75, 3.05) is 32.7 Å². The number of nitrogens with zero attached hydrogens (tertiary/aromatic N) is 1. The lowest BCUT2D eigenvalue weighted by atomic mass is 10.4. The predicted molar refractivity (Wildman–Crippen MR) is 51.2 cm³/mol. The zero-order chi connectivity index (χ0) is 9.52. The van der Waals surface area contributed by atoms with Gasteiger partial charge in [0.25, 0.3) is 0 Å². The molecule has 1 aromatic rings. The molecule has 0 saturated heterocycles. The van der Waals surface area contributed by atoms with Crippen LogP contribution < -0.4 is 10.1 Å². The molecule has 0 saturated carbocycles. The van der Waals surface area contributed by atoms with E-state index in [1.54, 1.807) is 13.3 Å². The minimum Gasteiger partial charge on any atom is -0.475 e. The van der Waals surface area contributed by atoms with Crippen molar-refractivity contribution in [3.63, 3.8) is 0 Å². The number of ether oxygens (including phenoxy) is 2. The highest BCUT2D eigenvalue weighted by molar-refractivity contribution is 5.40. The van der Waals surface area contributed by atoms with Crippen LogP contribution in [0.5, 0.6) is 5.88 Å². The van der Waals surface area contributed by atoms with Crippen LogP contribution in [0, 0.1) is 0 Å². The second-order valence-electron chi connectivity index (χ2n) is 2.48. The molecular weight excluding hydrogens is 168 g/mol. The van der Waals surface area contributed by atoms with Crippen LogP contribution in [0.1, 0.15) is 0 Å². The predicted octanol–water partition coefficient (Wildman–Crippen LogP) is 1.15. The van der Waals surface area contributed by atoms with Crippen LogP contribution in [-0.2, 0) is 4.74 Å². The standard InChI is InChI=1S/C9H14N2O2/c1-10-8-3-4-9(11-7-8)13-6-5-12-2/h3-4,7,10H,5-6H2,1-2H3. The van der Waals surface area contributed by atoms with E-state index in [1.807, 2.05) is 19.2 Å². The summed E-state index contributed by atoms with van der Waals surface area (Å²) in [6.07, 6.45) is 1.72. The van der Waals surface area contributed by atoms with E-state index in [4.69, 9.17) is 9.47 Å². The molecule has 0 fully saturated rings. The van der Waals surface area contributed by atoms with Gasteiger partial charge < -0.3 is 14.8 Å². The Bertz CT molecular complexity index is 236. The molecule has 0 radical (unpaired) electrons. The molecule has 0 aliphatic heterocycles. The lowest BCUT2D eigenvalue weighted by Crippen LogP contribution is -2.05. The molecule has 0 aliphatic carbocycles. The largest absolute Gasteiger partial charge is 0.475 e. The zero-order valence-electron chi connectivity index (χ0n) is 7.91. The Hall–Kier alpha value is -1.29. The van der Waals surface area contributed by atoms with Gasteiger partial charge in [0.2, 0.25) is 5.88 Å². The second kappa shape index (κ2) is 5.37. The van der Waals surface area contributed by atoms with Gasteiger partial charge in [0.05, 0.1) is 18.5 Å². The Balaban J connectivity index is 2.40. The van der Waals surface area contributed by atoms with Crippen molar-refractivity contribution in [1.29, 1.82) is 0 Å². The zero-order valence-corrected chi connectivity index (χ0v) is 7.91. The summed E-state index contributed by atoms with van der Waals surface area (Å²) in [7, 11) is 3.49. The lowest BCUT2D eigenvalue weighted by Gasteiger charge is -2.04. The van der Waals surface area contributed by atoms with Gasteiger partial charge in [-0.25, -0.2) is 4.98 Å². The molecule has 4 heteroatoms. The van der Waals surface area contributed by atoms with E-state index >= 15 is 0 Å². The molecule has 1 aromatic heterocycles. The van der Waals surface area contributed by atoms with Crippen LogP contribution in [-0.4, -0.2) is 32.4 Å². The van der Waals surface area contributed by atoms with Gasteiger partial charge in [0, 0.05) is 20.2 Å². The minimum absolute atomic E-state index is 0.530. The number of rotatable bonds is 5. The average molecular weight is 182 g/mol. The first-order valence-corrected chi connectivity index (χ1v) is 4.12. The van der Waals surface area contributed by atoms with Crippen LogP contribution >= 0.6 is 0 Å². The van der Waals surface area contributed by atoms with E-state index in [9.17, 15) is 0 Å². The van der Waals surface area contributed by atoms with Crippen molar-refractivity contribution < 1.29 is 9.47 Å². The molecular formula is C9H14N2O2. The Morgan fingerprint density at radius 3 is 2.77 bits per heavy atom. The third-order valence-corrected chi connectivity index (χ3v) is 1.56. The third kappa shape index (κ3) is 3.29. The summed E-state index contributed by atoms with van der Waals surface area (Å²) < 4.78 is 10.1. The van der Waals surface area contributed by atoms with Crippen molar-refractivity contribution >= 4 is 5.69 Å². The van der Waals surface area contributed by atoms with Crippen molar-refractivity contribution in [2.24, 2.45) is 0 Å². The third-order valence-electron chi connectivity index (χ3n) is 1.56. The van der Waals surface area contributed by atoms with Gasteiger partial charge in [0.15, 0.2) is 0 Å². The number of pyridine rings is 1. The van der Waals surface area contributed by atoms with Gasteiger partial charge in [-0.3, -0.25) is 0 Å². The quantitative estimate of drug-likeness (QED) is 0.694. The summed E-state index contributed by atoms with van der Waals surface area (Å²) in [4.78, 5) is 4.08. The molecule has 1 N–H and O–H groups in total. The molecule has 0 atom stereocenters. The molecule has 1 rings (SSSR count). The number of aromatic nitrogens is 1. The Labute approximate surface area is 77.9 Å². The summed E-state index contributed by atoms with van der Waals surface area (Å²) in [5.74, 6) is 0.621. The van der Waals surface area contributed by atoms with Crippen molar-refractivity contribution in [2.45, 2.75) is 0 Å². The molecule has 72 valence electrons. The molecule has 0 unspecified atom stereocenters. The monoisotopic (exact) mass is 182 g/mol. The summed E-state index contributed by atoms with van der Waals surface area (Å²) in [5.41, 5.74) is 0.971.